The van der Waals surface area contributed by atoms with Crippen molar-refractivity contribution >= 4 is 14.2 Å². The Bertz CT molecular complexity index is 423. The molecule has 0 spiro atoms. The Morgan fingerprint density at radius 1 is 1.42 bits per heavy atom. The van der Waals surface area contributed by atoms with Gasteiger partial charge in [0.2, 0.25) is 0 Å². The molecule has 0 aliphatic carbocycles. The van der Waals surface area contributed by atoms with Gasteiger partial charge in [-0.1, -0.05) is 43.4 Å². The van der Waals surface area contributed by atoms with Crippen molar-refractivity contribution < 1.29 is 9.53 Å². The predicted molar refractivity (Wildman–Crippen MR) is 78.7 cm³/mol. The fourth-order valence-electron chi connectivity index (χ4n) is 2.36. The topological polar surface area (TPSA) is 50.4 Å². The molecule has 1 heterocycles. The summed E-state index contributed by atoms with van der Waals surface area (Å²) in [6.45, 7) is 5.72. The summed E-state index contributed by atoms with van der Waals surface area (Å²) in [7, 11) is -1.05. The summed E-state index contributed by atoms with van der Waals surface area (Å²) in [5, 5.41) is 6.30. The van der Waals surface area contributed by atoms with Crippen molar-refractivity contribution in [1.29, 1.82) is 0 Å². The molecule has 1 aromatic rings. The van der Waals surface area contributed by atoms with Crippen LogP contribution in [0.25, 0.3) is 0 Å². The number of carbonyl (C=O) groups excluding carboxylic acids is 1. The van der Waals surface area contributed by atoms with Gasteiger partial charge in [-0.25, -0.2) is 4.79 Å². The average molecular weight is 278 g/mol. The lowest BCUT2D eigenvalue weighted by Crippen LogP contribution is -2.37. The number of rotatable bonds is 4. The molecule has 104 valence electrons. The van der Waals surface area contributed by atoms with Crippen LogP contribution in [0.3, 0.4) is 0 Å². The van der Waals surface area contributed by atoms with Crippen LogP contribution in [0.15, 0.2) is 30.3 Å². The molecule has 1 aliphatic heterocycles. The van der Waals surface area contributed by atoms with Crippen molar-refractivity contribution in [3.05, 3.63) is 35.9 Å². The average Bonchev–Trinajstić information content (AvgIpc) is 2.75. The van der Waals surface area contributed by atoms with Crippen LogP contribution >= 0.6 is 0 Å². The third-order valence-electron chi connectivity index (χ3n) is 3.37. The molecular formula is C14H22N2O2Si. The first-order valence-corrected chi connectivity index (χ1v) is 10.1. The number of alkyl carbamates (subject to hydrolysis) is 1. The lowest BCUT2D eigenvalue weighted by Gasteiger charge is -2.14. The molecule has 2 rings (SSSR count). The molecule has 1 saturated heterocycles. The Morgan fingerprint density at radius 3 is 2.79 bits per heavy atom. The summed E-state index contributed by atoms with van der Waals surface area (Å²) >= 11 is 0. The Balaban J connectivity index is 1.65. The van der Waals surface area contributed by atoms with Crippen LogP contribution in [-0.2, 0) is 11.3 Å². The van der Waals surface area contributed by atoms with Crippen molar-refractivity contribution in [2.75, 3.05) is 12.7 Å². The van der Waals surface area contributed by atoms with Gasteiger partial charge >= 0.3 is 6.09 Å². The number of hydrogen-bond donors (Lipinski definition) is 2. The molecule has 1 atom stereocenters. The van der Waals surface area contributed by atoms with E-state index in [1.165, 1.54) is 6.04 Å². The molecular weight excluding hydrogens is 256 g/mol. The predicted octanol–water partition coefficient (Wildman–Crippen LogP) is 2.13. The van der Waals surface area contributed by atoms with E-state index in [9.17, 15) is 4.79 Å². The van der Waals surface area contributed by atoms with Crippen LogP contribution in [0, 0.1) is 0 Å². The Morgan fingerprint density at radius 2 is 2.16 bits per heavy atom. The van der Waals surface area contributed by atoms with E-state index >= 15 is 0 Å². The highest BCUT2D eigenvalue weighted by molar-refractivity contribution is 6.78. The number of carbonyl (C=O) groups is 1. The highest BCUT2D eigenvalue weighted by atomic mass is 28.3. The zero-order valence-electron chi connectivity index (χ0n) is 11.6. The lowest BCUT2D eigenvalue weighted by molar-refractivity contribution is 0.139. The minimum atomic E-state index is -1.05. The Kier molecular flexibility index (Phi) is 4.60. The molecule has 1 aliphatic rings. The van der Waals surface area contributed by atoms with Gasteiger partial charge in [0.25, 0.3) is 0 Å². The van der Waals surface area contributed by atoms with E-state index in [0.717, 1.165) is 11.7 Å². The summed E-state index contributed by atoms with van der Waals surface area (Å²) in [4.78, 5) is 11.6. The van der Waals surface area contributed by atoms with E-state index < -0.39 is 8.07 Å². The number of ether oxygens (including phenoxy) is 1. The van der Waals surface area contributed by atoms with E-state index in [1.807, 2.05) is 30.3 Å². The second kappa shape index (κ2) is 6.21. The molecule has 19 heavy (non-hydrogen) atoms. The summed E-state index contributed by atoms with van der Waals surface area (Å²) in [5.41, 5.74) is 1.00. The molecule has 0 aromatic heterocycles. The van der Waals surface area contributed by atoms with Crippen molar-refractivity contribution in [3.8, 4) is 0 Å². The number of nitrogens with one attached hydrogen (secondary N) is 2. The van der Waals surface area contributed by atoms with Gasteiger partial charge in [-0.3, -0.25) is 0 Å². The summed E-state index contributed by atoms with van der Waals surface area (Å²) < 4.78 is 5.17. The maximum absolute atomic E-state index is 11.6. The van der Waals surface area contributed by atoms with E-state index in [1.54, 1.807) is 0 Å². The van der Waals surface area contributed by atoms with Crippen LogP contribution in [-0.4, -0.2) is 32.9 Å². The molecule has 2 N–H and O–H groups in total. The first kappa shape index (κ1) is 14.1. The Labute approximate surface area is 115 Å². The fourth-order valence-corrected chi connectivity index (χ4v) is 4.97. The van der Waals surface area contributed by atoms with Crippen LogP contribution in [0.5, 0.6) is 0 Å². The van der Waals surface area contributed by atoms with Gasteiger partial charge in [-0.2, -0.15) is 0 Å². The zero-order valence-corrected chi connectivity index (χ0v) is 12.6. The summed E-state index contributed by atoms with van der Waals surface area (Å²) in [6.07, 6.45) is 0.801. The highest BCUT2D eigenvalue weighted by Gasteiger charge is 2.32. The summed E-state index contributed by atoms with van der Waals surface area (Å²) in [6, 6.07) is 11.3. The second-order valence-corrected chi connectivity index (χ2v) is 11.0. The van der Waals surface area contributed by atoms with E-state index in [2.05, 4.69) is 23.7 Å². The Hall–Kier alpha value is -1.33. The normalized spacial score (nSPS) is 21.1. The SMILES string of the molecule is C[Si]1(C)CNC(CNC(=O)OCc2ccccc2)C1. The molecule has 0 saturated carbocycles. The number of benzene rings is 1. The molecule has 1 fully saturated rings. The molecule has 1 amide bonds. The number of hydrogen-bond acceptors (Lipinski definition) is 3. The largest absolute Gasteiger partial charge is 0.445 e. The summed E-state index contributed by atoms with van der Waals surface area (Å²) in [5.74, 6) is 0. The van der Waals surface area contributed by atoms with Gasteiger partial charge < -0.3 is 15.4 Å². The second-order valence-electron chi connectivity index (χ2n) is 5.89. The van der Waals surface area contributed by atoms with Crippen LogP contribution in [0.4, 0.5) is 4.79 Å². The minimum absolute atomic E-state index is 0.324. The maximum atomic E-state index is 11.6. The smallest absolute Gasteiger partial charge is 0.407 e. The van der Waals surface area contributed by atoms with Gasteiger partial charge in [0, 0.05) is 12.6 Å². The van der Waals surface area contributed by atoms with Gasteiger partial charge in [0.1, 0.15) is 6.61 Å². The van der Waals surface area contributed by atoms with Crippen LogP contribution in [0.2, 0.25) is 19.1 Å². The minimum Gasteiger partial charge on any atom is -0.445 e. The molecule has 0 radical (unpaired) electrons. The van der Waals surface area contributed by atoms with E-state index in [-0.39, 0.29) is 6.09 Å². The maximum Gasteiger partial charge on any atom is 0.407 e. The van der Waals surface area contributed by atoms with Gasteiger partial charge in [-0.05, 0) is 17.8 Å². The van der Waals surface area contributed by atoms with Gasteiger partial charge in [-0.15, -0.1) is 0 Å². The lowest BCUT2D eigenvalue weighted by atomic mass is 10.2. The van der Waals surface area contributed by atoms with E-state index in [0.29, 0.717) is 19.2 Å². The van der Waals surface area contributed by atoms with E-state index in [4.69, 9.17) is 4.74 Å². The first-order chi connectivity index (χ1) is 9.05. The van der Waals surface area contributed by atoms with Crippen LogP contribution in [0.1, 0.15) is 5.56 Å². The molecule has 5 heteroatoms. The monoisotopic (exact) mass is 278 g/mol. The van der Waals surface area contributed by atoms with Crippen LogP contribution < -0.4 is 10.6 Å². The molecule has 0 bridgehead atoms. The third-order valence-corrected chi connectivity index (χ3v) is 6.13. The quantitative estimate of drug-likeness (QED) is 0.830. The molecule has 1 aromatic carbocycles. The van der Waals surface area contributed by atoms with Crippen molar-refractivity contribution in [1.82, 2.24) is 10.6 Å². The van der Waals surface area contributed by atoms with Gasteiger partial charge in [0.15, 0.2) is 0 Å². The van der Waals surface area contributed by atoms with Crippen molar-refractivity contribution in [2.45, 2.75) is 31.8 Å². The third kappa shape index (κ3) is 4.68. The molecule has 1 unspecified atom stereocenters. The standard InChI is InChI=1S/C14H22N2O2Si/c1-19(2)10-13(16-11-19)8-15-14(17)18-9-12-6-4-3-5-7-12/h3-7,13,16H,8-11H2,1-2H3,(H,15,17). The zero-order chi connectivity index (χ0) is 13.7. The number of amides is 1. The van der Waals surface area contributed by atoms with Crippen molar-refractivity contribution in [2.24, 2.45) is 0 Å². The van der Waals surface area contributed by atoms with Gasteiger partial charge in [0.05, 0.1) is 8.07 Å². The fraction of sp³-hybridized carbons (Fsp3) is 0.500. The first-order valence-electron chi connectivity index (χ1n) is 6.73. The molecule has 4 nitrogen and oxygen atoms in total. The highest BCUT2D eigenvalue weighted by Crippen LogP contribution is 2.17. The van der Waals surface area contributed by atoms with Crippen molar-refractivity contribution in [3.63, 3.8) is 0 Å².